The molecule has 3 aromatic heterocycles. The maximum atomic E-state index is 12.8. The Hall–Kier alpha value is -2.96. The maximum Gasteiger partial charge on any atom is 0.272 e. The van der Waals surface area contributed by atoms with Crippen LogP contribution in [0.4, 0.5) is 0 Å². The molecule has 7 nitrogen and oxygen atoms in total. The monoisotopic (exact) mass is 392 g/mol. The largest absolute Gasteiger partial charge is 0.337 e. The zero-order valence-corrected chi connectivity index (χ0v) is 17.2. The summed E-state index contributed by atoms with van der Waals surface area (Å²) in [4.78, 5) is 23.5. The number of hydrogen-bond acceptors (Lipinski definition) is 4. The first-order chi connectivity index (χ1) is 14.2. The molecule has 0 aliphatic carbocycles. The Morgan fingerprint density at radius 2 is 1.90 bits per heavy atom. The lowest BCUT2D eigenvalue weighted by Gasteiger charge is -2.32. The third kappa shape index (κ3) is 4.09. The molecule has 3 aromatic rings. The van der Waals surface area contributed by atoms with E-state index in [2.05, 4.69) is 26.6 Å². The van der Waals surface area contributed by atoms with Crippen molar-refractivity contribution < 1.29 is 4.79 Å². The second-order valence-electron chi connectivity index (χ2n) is 7.67. The van der Waals surface area contributed by atoms with E-state index in [4.69, 9.17) is 0 Å². The highest BCUT2D eigenvalue weighted by molar-refractivity contribution is 5.92. The Kier molecular flexibility index (Phi) is 5.74. The zero-order chi connectivity index (χ0) is 20.2. The molecule has 1 aliphatic heterocycles. The second kappa shape index (κ2) is 8.59. The number of amides is 1. The minimum atomic E-state index is 0.105. The van der Waals surface area contributed by atoms with E-state index in [9.17, 15) is 4.79 Å². The van der Waals surface area contributed by atoms with Gasteiger partial charge in [-0.25, -0.2) is 4.98 Å². The number of likely N-dealkylation sites (tertiary alicyclic amines) is 1. The van der Waals surface area contributed by atoms with Crippen LogP contribution in [-0.4, -0.2) is 48.2 Å². The molecule has 1 saturated heterocycles. The lowest BCUT2D eigenvalue weighted by molar-refractivity contribution is 0.0672. The molecule has 0 radical (unpaired) electrons. The fourth-order valence-corrected chi connectivity index (χ4v) is 4.14. The van der Waals surface area contributed by atoms with Gasteiger partial charge in [0.05, 0.1) is 0 Å². The molecule has 7 heteroatoms. The third-order valence-corrected chi connectivity index (χ3v) is 5.89. The van der Waals surface area contributed by atoms with Crippen LogP contribution in [0.25, 0.3) is 11.4 Å². The molecule has 152 valence electrons. The van der Waals surface area contributed by atoms with Gasteiger partial charge in [-0.15, -0.1) is 0 Å². The van der Waals surface area contributed by atoms with Crippen LogP contribution in [0.1, 0.15) is 42.4 Å². The maximum absolute atomic E-state index is 12.8. The van der Waals surface area contributed by atoms with Gasteiger partial charge in [0.25, 0.3) is 5.91 Å². The van der Waals surface area contributed by atoms with Crippen LogP contribution < -0.4 is 0 Å². The predicted molar refractivity (Wildman–Crippen MR) is 111 cm³/mol. The summed E-state index contributed by atoms with van der Waals surface area (Å²) in [6.45, 7) is 7.42. The van der Waals surface area contributed by atoms with E-state index in [1.165, 1.54) is 5.69 Å². The van der Waals surface area contributed by atoms with E-state index in [0.29, 0.717) is 18.2 Å². The van der Waals surface area contributed by atoms with Crippen molar-refractivity contribution in [3.8, 4) is 11.4 Å². The standard InChI is InChI=1S/C22H28N6O/c1-3-28-20(6-12-25-28)22(29)26-13-7-18(8-14-26)9-15-27-17(2)16-24-21(27)19-4-10-23-11-5-19/h4-6,10-12,16,18H,3,7-9,13-15H2,1-2H3. The molecule has 0 aromatic carbocycles. The predicted octanol–water partition coefficient (Wildman–Crippen LogP) is 3.41. The molecule has 1 fully saturated rings. The van der Waals surface area contributed by atoms with Gasteiger partial charge in [0.1, 0.15) is 11.5 Å². The van der Waals surface area contributed by atoms with Crippen LogP contribution in [0.2, 0.25) is 0 Å². The Bertz CT molecular complexity index is 953. The van der Waals surface area contributed by atoms with E-state index >= 15 is 0 Å². The van der Waals surface area contributed by atoms with Crippen molar-refractivity contribution in [2.45, 2.75) is 46.2 Å². The lowest BCUT2D eigenvalue weighted by atomic mass is 9.93. The van der Waals surface area contributed by atoms with Crippen LogP contribution in [0, 0.1) is 12.8 Å². The number of aryl methyl sites for hydroxylation is 2. The quantitative estimate of drug-likeness (QED) is 0.645. The Labute approximate surface area is 171 Å². The lowest BCUT2D eigenvalue weighted by Crippen LogP contribution is -2.39. The van der Waals surface area contributed by atoms with Crippen molar-refractivity contribution >= 4 is 5.91 Å². The van der Waals surface area contributed by atoms with Crippen molar-refractivity contribution in [2.75, 3.05) is 13.1 Å². The molecule has 1 aliphatic rings. The van der Waals surface area contributed by atoms with E-state index in [1.807, 2.05) is 36.2 Å². The van der Waals surface area contributed by atoms with Crippen LogP contribution in [0.3, 0.4) is 0 Å². The number of hydrogen-bond donors (Lipinski definition) is 0. The first-order valence-corrected chi connectivity index (χ1v) is 10.4. The summed E-state index contributed by atoms with van der Waals surface area (Å²) in [6, 6.07) is 5.83. The number of piperidine rings is 1. The number of carbonyl (C=O) groups is 1. The molecule has 1 amide bonds. The topological polar surface area (TPSA) is 68.8 Å². The minimum absolute atomic E-state index is 0.105. The first kappa shape index (κ1) is 19.4. The first-order valence-electron chi connectivity index (χ1n) is 10.4. The fourth-order valence-electron chi connectivity index (χ4n) is 4.14. The molecule has 0 N–H and O–H groups in total. The van der Waals surface area contributed by atoms with Crippen molar-refractivity contribution in [2.24, 2.45) is 5.92 Å². The van der Waals surface area contributed by atoms with E-state index in [0.717, 1.165) is 50.3 Å². The van der Waals surface area contributed by atoms with Gasteiger partial charge in [0, 0.05) is 62.2 Å². The van der Waals surface area contributed by atoms with Crippen LogP contribution in [-0.2, 0) is 13.1 Å². The minimum Gasteiger partial charge on any atom is -0.337 e. The Morgan fingerprint density at radius 3 is 2.62 bits per heavy atom. The smallest absolute Gasteiger partial charge is 0.272 e. The number of pyridine rings is 1. The summed E-state index contributed by atoms with van der Waals surface area (Å²) < 4.78 is 4.07. The average molecular weight is 393 g/mol. The summed E-state index contributed by atoms with van der Waals surface area (Å²) in [5.74, 6) is 1.74. The highest BCUT2D eigenvalue weighted by Gasteiger charge is 2.25. The molecule has 0 atom stereocenters. The van der Waals surface area contributed by atoms with Gasteiger partial charge >= 0.3 is 0 Å². The number of rotatable bonds is 6. The van der Waals surface area contributed by atoms with Crippen LogP contribution >= 0.6 is 0 Å². The molecule has 0 saturated carbocycles. The fraction of sp³-hybridized carbons (Fsp3) is 0.455. The van der Waals surface area contributed by atoms with Gasteiger partial charge in [-0.3, -0.25) is 14.5 Å². The second-order valence-corrected chi connectivity index (χ2v) is 7.67. The molecule has 0 unspecified atom stereocenters. The molecular formula is C22H28N6O. The summed E-state index contributed by atoms with van der Waals surface area (Å²) in [7, 11) is 0. The number of nitrogens with zero attached hydrogens (tertiary/aromatic N) is 6. The highest BCUT2D eigenvalue weighted by Crippen LogP contribution is 2.25. The van der Waals surface area contributed by atoms with Crippen LogP contribution in [0.15, 0.2) is 43.0 Å². The van der Waals surface area contributed by atoms with Gasteiger partial charge in [-0.05, 0) is 57.2 Å². The normalized spacial score (nSPS) is 15.0. The van der Waals surface area contributed by atoms with Crippen molar-refractivity contribution in [1.82, 2.24) is 29.2 Å². The number of aromatic nitrogens is 5. The summed E-state index contributed by atoms with van der Waals surface area (Å²) in [5, 5.41) is 4.22. The highest BCUT2D eigenvalue weighted by atomic mass is 16.2. The van der Waals surface area contributed by atoms with Crippen molar-refractivity contribution in [1.29, 1.82) is 0 Å². The van der Waals surface area contributed by atoms with Crippen LogP contribution in [0.5, 0.6) is 0 Å². The third-order valence-electron chi connectivity index (χ3n) is 5.89. The Balaban J connectivity index is 1.34. The van der Waals surface area contributed by atoms with E-state index in [1.54, 1.807) is 23.3 Å². The van der Waals surface area contributed by atoms with E-state index in [-0.39, 0.29) is 5.91 Å². The summed E-state index contributed by atoms with van der Waals surface area (Å²) in [6.07, 6.45) is 10.5. The van der Waals surface area contributed by atoms with Crippen molar-refractivity contribution in [3.63, 3.8) is 0 Å². The Morgan fingerprint density at radius 1 is 1.14 bits per heavy atom. The molecule has 29 heavy (non-hydrogen) atoms. The summed E-state index contributed by atoms with van der Waals surface area (Å²) in [5.41, 5.74) is 2.97. The van der Waals surface area contributed by atoms with Gasteiger partial charge in [-0.1, -0.05) is 0 Å². The summed E-state index contributed by atoms with van der Waals surface area (Å²) >= 11 is 0. The SMILES string of the molecule is CCn1nccc1C(=O)N1CCC(CCn2c(C)cnc2-c2ccncc2)CC1. The number of carbonyl (C=O) groups excluding carboxylic acids is 1. The van der Waals surface area contributed by atoms with E-state index < -0.39 is 0 Å². The molecule has 0 spiro atoms. The molecular weight excluding hydrogens is 364 g/mol. The number of imidazole rings is 1. The molecule has 4 rings (SSSR count). The van der Waals surface area contributed by atoms with Crippen molar-refractivity contribution in [3.05, 3.63) is 54.4 Å². The van der Waals surface area contributed by atoms with Gasteiger partial charge in [-0.2, -0.15) is 5.10 Å². The average Bonchev–Trinajstić information content (AvgIpc) is 3.39. The molecule has 4 heterocycles. The van der Waals surface area contributed by atoms with Gasteiger partial charge in [0.15, 0.2) is 0 Å². The zero-order valence-electron chi connectivity index (χ0n) is 17.2. The van der Waals surface area contributed by atoms with Gasteiger partial charge < -0.3 is 9.47 Å². The molecule has 0 bridgehead atoms. The van der Waals surface area contributed by atoms with Gasteiger partial charge in [0.2, 0.25) is 0 Å².